The molecule has 0 radical (unpaired) electrons. The zero-order valence-corrected chi connectivity index (χ0v) is 17.5. The van der Waals surface area contributed by atoms with Crippen molar-refractivity contribution < 1.29 is 28.0 Å². The lowest BCUT2D eigenvalue weighted by molar-refractivity contribution is 0.00578. The highest BCUT2D eigenvalue weighted by Gasteiger charge is 2.51. The molecule has 0 spiro atoms. The van der Waals surface area contributed by atoms with E-state index in [1.54, 1.807) is 12.3 Å². The maximum absolute atomic E-state index is 14.8. The van der Waals surface area contributed by atoms with Crippen LogP contribution >= 0.6 is 0 Å². The third-order valence-electron chi connectivity index (χ3n) is 6.07. The molecule has 162 valence electrons. The highest BCUT2D eigenvalue weighted by atomic mass is 19.1. The summed E-state index contributed by atoms with van der Waals surface area (Å²) in [4.78, 5) is 18.6. The van der Waals surface area contributed by atoms with Crippen LogP contribution in [-0.4, -0.2) is 39.3 Å². The Morgan fingerprint density at radius 2 is 1.87 bits per heavy atom. The van der Waals surface area contributed by atoms with Crippen molar-refractivity contribution in [2.45, 2.75) is 45.0 Å². The molecule has 1 amide bonds. The van der Waals surface area contributed by atoms with Crippen molar-refractivity contribution in [1.82, 2.24) is 9.97 Å². The number of hydrogen-bond donors (Lipinski definition) is 3. The van der Waals surface area contributed by atoms with E-state index in [0.29, 0.717) is 16.5 Å². The number of H-pyrrole nitrogens is 1. The minimum atomic E-state index is -1.71. The molecular formula is C21H22BF2N3O4. The van der Waals surface area contributed by atoms with Gasteiger partial charge in [0.05, 0.1) is 22.3 Å². The smallest absolute Gasteiger partial charge is 0.399 e. The van der Waals surface area contributed by atoms with Gasteiger partial charge < -0.3 is 25.1 Å². The van der Waals surface area contributed by atoms with Crippen LogP contribution in [0.2, 0.25) is 0 Å². The number of fused-ring (bicyclic) bond motifs is 1. The second kappa shape index (κ2) is 7.11. The molecule has 3 aromatic rings. The van der Waals surface area contributed by atoms with Crippen molar-refractivity contribution >= 4 is 29.5 Å². The van der Waals surface area contributed by atoms with Crippen molar-refractivity contribution in [1.29, 1.82) is 0 Å². The first kappa shape index (κ1) is 21.4. The van der Waals surface area contributed by atoms with Gasteiger partial charge in [-0.3, -0.25) is 4.79 Å². The summed E-state index contributed by atoms with van der Waals surface area (Å²) in [6, 6.07) is 3.52. The SMILES string of the molecule is CC1(C)OB(c2cnc3[nH]cc(C(O)c4c(F)ccc(C(N)=O)c4F)c3c2)OC1(C)C. The summed E-state index contributed by atoms with van der Waals surface area (Å²) in [5.41, 5.74) is 4.02. The van der Waals surface area contributed by atoms with Gasteiger partial charge in [0, 0.05) is 28.8 Å². The number of nitrogens with zero attached hydrogens (tertiary/aromatic N) is 1. The van der Waals surface area contributed by atoms with Gasteiger partial charge >= 0.3 is 7.12 Å². The number of nitrogens with one attached hydrogen (secondary N) is 1. The molecule has 1 aliphatic heterocycles. The molecule has 4 N–H and O–H groups in total. The molecule has 1 fully saturated rings. The van der Waals surface area contributed by atoms with Crippen molar-refractivity contribution in [2.75, 3.05) is 0 Å². The average molecular weight is 429 g/mol. The van der Waals surface area contributed by atoms with Crippen LogP contribution in [0.5, 0.6) is 0 Å². The quantitative estimate of drug-likeness (QED) is 0.552. The molecule has 10 heteroatoms. The molecule has 1 unspecified atom stereocenters. The summed E-state index contributed by atoms with van der Waals surface area (Å²) in [5.74, 6) is -3.27. The molecule has 31 heavy (non-hydrogen) atoms. The standard InChI is InChI=1S/C21H22BF2N3O4/c1-20(2)21(3,4)31-22(30-20)10-7-12-13(9-27-19(12)26-8-10)17(28)15-14(23)6-5-11(16(15)24)18(25)29/h5-9,17,28H,1-4H3,(H2,25,29)(H,26,27). The van der Waals surface area contributed by atoms with E-state index in [1.807, 2.05) is 27.7 Å². The van der Waals surface area contributed by atoms with E-state index in [1.165, 1.54) is 6.20 Å². The second-order valence-corrected chi connectivity index (χ2v) is 8.59. The highest BCUT2D eigenvalue weighted by Crippen LogP contribution is 2.37. The number of pyridine rings is 1. The van der Waals surface area contributed by atoms with Crippen LogP contribution in [0.25, 0.3) is 11.0 Å². The topological polar surface area (TPSA) is 110 Å². The van der Waals surface area contributed by atoms with E-state index < -0.39 is 53.1 Å². The Morgan fingerprint density at radius 3 is 2.48 bits per heavy atom. The number of nitrogens with two attached hydrogens (primary N) is 1. The molecular weight excluding hydrogens is 407 g/mol. The summed E-state index contributed by atoms with van der Waals surface area (Å²) in [6.07, 6.45) is 1.28. The monoisotopic (exact) mass is 429 g/mol. The molecule has 2 aromatic heterocycles. The summed E-state index contributed by atoms with van der Waals surface area (Å²) < 4.78 is 41.2. The number of carbonyl (C=O) groups excluding carboxylic acids is 1. The Balaban J connectivity index is 1.78. The van der Waals surface area contributed by atoms with Crippen molar-refractivity contribution in [3.63, 3.8) is 0 Å². The number of halogens is 2. The predicted octanol–water partition coefficient (Wildman–Crippen LogP) is 2.32. The van der Waals surface area contributed by atoms with Crippen LogP contribution < -0.4 is 11.2 Å². The summed E-state index contributed by atoms with van der Waals surface area (Å²) in [6.45, 7) is 7.67. The zero-order chi connectivity index (χ0) is 22.7. The molecule has 1 aliphatic rings. The zero-order valence-electron chi connectivity index (χ0n) is 17.5. The highest BCUT2D eigenvalue weighted by molar-refractivity contribution is 6.62. The Morgan fingerprint density at radius 1 is 1.23 bits per heavy atom. The van der Waals surface area contributed by atoms with Gasteiger partial charge in [-0.2, -0.15) is 0 Å². The van der Waals surface area contributed by atoms with E-state index in [4.69, 9.17) is 15.0 Å². The molecule has 7 nitrogen and oxygen atoms in total. The van der Waals surface area contributed by atoms with E-state index in [2.05, 4.69) is 9.97 Å². The molecule has 1 aromatic carbocycles. The lowest BCUT2D eigenvalue weighted by Gasteiger charge is -2.32. The lowest BCUT2D eigenvalue weighted by Crippen LogP contribution is -2.41. The van der Waals surface area contributed by atoms with Gasteiger partial charge in [-0.25, -0.2) is 13.8 Å². The molecule has 0 saturated carbocycles. The fourth-order valence-corrected chi connectivity index (χ4v) is 3.54. The first-order chi connectivity index (χ1) is 14.4. The van der Waals surface area contributed by atoms with Gasteiger partial charge in [0.15, 0.2) is 0 Å². The minimum Gasteiger partial charge on any atom is -0.399 e. The van der Waals surface area contributed by atoms with Crippen LogP contribution in [0.15, 0.2) is 30.6 Å². The number of hydrogen-bond acceptors (Lipinski definition) is 5. The summed E-state index contributed by atoms with van der Waals surface area (Å²) in [7, 11) is -0.701. The van der Waals surface area contributed by atoms with Crippen LogP contribution in [-0.2, 0) is 9.31 Å². The van der Waals surface area contributed by atoms with E-state index in [-0.39, 0.29) is 5.56 Å². The first-order valence-electron chi connectivity index (χ1n) is 9.71. The molecule has 0 bridgehead atoms. The van der Waals surface area contributed by atoms with Gasteiger partial charge in [0.25, 0.3) is 5.91 Å². The molecule has 1 saturated heterocycles. The third-order valence-corrected chi connectivity index (χ3v) is 6.07. The lowest BCUT2D eigenvalue weighted by atomic mass is 9.79. The number of aliphatic hydroxyl groups excluding tert-OH is 1. The van der Waals surface area contributed by atoms with Crippen molar-refractivity contribution in [3.05, 3.63) is 58.9 Å². The summed E-state index contributed by atoms with van der Waals surface area (Å²) in [5, 5.41) is 11.3. The average Bonchev–Trinajstić information content (AvgIpc) is 3.18. The van der Waals surface area contributed by atoms with Crippen LogP contribution in [0.1, 0.15) is 55.3 Å². The van der Waals surface area contributed by atoms with E-state index in [9.17, 15) is 18.7 Å². The number of aliphatic hydroxyl groups is 1. The molecule has 4 rings (SSSR count). The Kier molecular flexibility index (Phi) is 4.92. The first-order valence-corrected chi connectivity index (χ1v) is 9.71. The third kappa shape index (κ3) is 3.40. The maximum atomic E-state index is 14.8. The number of carbonyl (C=O) groups is 1. The maximum Gasteiger partial charge on any atom is 0.496 e. The molecule has 1 atom stereocenters. The largest absolute Gasteiger partial charge is 0.496 e. The van der Waals surface area contributed by atoms with E-state index >= 15 is 0 Å². The number of primary amides is 1. The van der Waals surface area contributed by atoms with Gasteiger partial charge in [-0.15, -0.1) is 0 Å². The predicted molar refractivity (Wildman–Crippen MR) is 111 cm³/mol. The number of benzene rings is 1. The Labute approximate surface area is 177 Å². The molecule has 3 heterocycles. The molecule has 0 aliphatic carbocycles. The van der Waals surface area contributed by atoms with Crippen molar-refractivity contribution in [2.24, 2.45) is 5.73 Å². The van der Waals surface area contributed by atoms with Gasteiger partial charge in [-0.1, -0.05) is 0 Å². The minimum absolute atomic E-state index is 0.181. The van der Waals surface area contributed by atoms with Crippen LogP contribution in [0, 0.1) is 11.6 Å². The van der Waals surface area contributed by atoms with Crippen LogP contribution in [0.4, 0.5) is 8.78 Å². The fourth-order valence-electron chi connectivity index (χ4n) is 3.54. The fraction of sp³-hybridized carbons (Fsp3) is 0.333. The number of amides is 1. The normalized spacial score (nSPS) is 18.5. The second-order valence-electron chi connectivity index (χ2n) is 8.59. The number of aromatic nitrogens is 2. The number of rotatable bonds is 4. The van der Waals surface area contributed by atoms with Gasteiger partial charge in [0.1, 0.15) is 23.4 Å². The Bertz CT molecular complexity index is 1180. The number of aromatic amines is 1. The van der Waals surface area contributed by atoms with Gasteiger partial charge in [-0.05, 0) is 45.9 Å². The van der Waals surface area contributed by atoms with Gasteiger partial charge in [0.2, 0.25) is 0 Å². The van der Waals surface area contributed by atoms with Crippen molar-refractivity contribution in [3.8, 4) is 0 Å². The van der Waals surface area contributed by atoms with E-state index in [0.717, 1.165) is 12.1 Å². The summed E-state index contributed by atoms with van der Waals surface area (Å²) >= 11 is 0. The Hall–Kier alpha value is -2.82. The van der Waals surface area contributed by atoms with Crippen LogP contribution in [0.3, 0.4) is 0 Å².